The summed E-state index contributed by atoms with van der Waals surface area (Å²) >= 11 is 0. The Morgan fingerprint density at radius 2 is 1.72 bits per heavy atom. The van der Waals surface area contributed by atoms with Gasteiger partial charge in [0.05, 0.1) is 0 Å². The zero-order valence-electron chi connectivity index (χ0n) is 15.7. The molecular formula is C21H19N3O5. The molecule has 0 saturated heterocycles. The minimum absolute atomic E-state index is 0.0468. The van der Waals surface area contributed by atoms with E-state index in [-0.39, 0.29) is 18.9 Å². The number of carbonyl (C=O) groups excluding carboxylic acids is 1. The number of aryl methyl sites for hydroxylation is 1. The Hall–Kier alpha value is -3.68. The van der Waals surface area contributed by atoms with Crippen LogP contribution in [0.15, 0.2) is 53.2 Å². The highest BCUT2D eigenvalue weighted by Gasteiger charge is 2.30. The first kappa shape index (κ1) is 18.7. The molecule has 1 unspecified atom stereocenters. The number of rotatable bonds is 6. The number of carboxylic acids is 1. The van der Waals surface area contributed by atoms with Crippen LogP contribution in [0.4, 0.5) is 4.79 Å². The van der Waals surface area contributed by atoms with Crippen LogP contribution in [0, 0.1) is 6.92 Å². The van der Waals surface area contributed by atoms with Gasteiger partial charge in [0.2, 0.25) is 0 Å². The number of aromatic nitrogens is 2. The summed E-state index contributed by atoms with van der Waals surface area (Å²) in [5.74, 6) is -1.29. The second-order valence-electron chi connectivity index (χ2n) is 6.86. The number of fused-ring (bicyclic) bond motifs is 3. The standard InChI is InChI=1S/C21H19N3O5/c1-12-18(24-29-23-12)10-19(20(25)26)22-21(27)28-11-17-15-8-4-2-6-13(15)14-7-3-5-9-16(14)17/h2-9,17,19H,10-11H2,1H3,(H,22,27)(H,25,26). The Labute approximate surface area is 166 Å². The number of alkyl carbamates (subject to hydrolysis) is 1. The number of ether oxygens (including phenoxy) is 1. The van der Waals surface area contributed by atoms with Gasteiger partial charge in [-0.1, -0.05) is 58.8 Å². The van der Waals surface area contributed by atoms with Crippen LogP contribution in [0.1, 0.15) is 28.4 Å². The molecule has 1 aliphatic carbocycles. The van der Waals surface area contributed by atoms with Crippen LogP contribution >= 0.6 is 0 Å². The number of nitrogens with one attached hydrogen (secondary N) is 1. The van der Waals surface area contributed by atoms with Crippen molar-refractivity contribution in [1.82, 2.24) is 15.6 Å². The largest absolute Gasteiger partial charge is 0.480 e. The smallest absolute Gasteiger partial charge is 0.407 e. The van der Waals surface area contributed by atoms with Crippen molar-refractivity contribution in [2.24, 2.45) is 0 Å². The summed E-state index contributed by atoms with van der Waals surface area (Å²) in [4.78, 5) is 23.8. The van der Waals surface area contributed by atoms with Crippen molar-refractivity contribution in [2.75, 3.05) is 6.61 Å². The molecule has 0 radical (unpaired) electrons. The number of benzene rings is 2. The first-order chi connectivity index (χ1) is 14.0. The van der Waals surface area contributed by atoms with Crippen LogP contribution in [0.2, 0.25) is 0 Å². The summed E-state index contributed by atoms with van der Waals surface area (Å²) in [6.45, 7) is 1.76. The molecule has 1 atom stereocenters. The summed E-state index contributed by atoms with van der Waals surface area (Å²) in [6.07, 6.45) is -0.845. The first-order valence-corrected chi connectivity index (χ1v) is 9.17. The van der Waals surface area contributed by atoms with Crippen LogP contribution in [-0.4, -0.2) is 40.1 Å². The summed E-state index contributed by atoms with van der Waals surface area (Å²) in [5, 5.41) is 19.1. The van der Waals surface area contributed by atoms with Crippen LogP contribution < -0.4 is 5.32 Å². The Morgan fingerprint density at radius 3 is 2.28 bits per heavy atom. The van der Waals surface area contributed by atoms with Gasteiger partial charge < -0.3 is 15.2 Å². The molecule has 8 nitrogen and oxygen atoms in total. The van der Waals surface area contributed by atoms with Gasteiger partial charge in [0.15, 0.2) is 0 Å². The lowest BCUT2D eigenvalue weighted by Gasteiger charge is -2.17. The fourth-order valence-electron chi connectivity index (χ4n) is 3.61. The number of nitrogens with zero attached hydrogens (tertiary/aromatic N) is 2. The van der Waals surface area contributed by atoms with Gasteiger partial charge in [-0.2, -0.15) is 0 Å². The maximum Gasteiger partial charge on any atom is 0.407 e. The minimum atomic E-state index is -1.20. The Morgan fingerprint density at radius 1 is 1.10 bits per heavy atom. The average molecular weight is 393 g/mol. The lowest BCUT2D eigenvalue weighted by molar-refractivity contribution is -0.139. The summed E-state index contributed by atoms with van der Waals surface area (Å²) in [7, 11) is 0. The fourth-order valence-corrected chi connectivity index (χ4v) is 3.61. The van der Waals surface area contributed by atoms with Gasteiger partial charge in [0.25, 0.3) is 0 Å². The van der Waals surface area contributed by atoms with E-state index in [9.17, 15) is 14.7 Å². The molecule has 148 valence electrons. The molecule has 1 aliphatic rings. The number of carboxylic acid groups (broad SMARTS) is 1. The van der Waals surface area contributed by atoms with Crippen molar-refractivity contribution in [3.8, 4) is 11.1 Å². The quantitative estimate of drug-likeness (QED) is 0.662. The van der Waals surface area contributed by atoms with E-state index in [4.69, 9.17) is 4.74 Å². The molecule has 0 spiro atoms. The van der Waals surface area contributed by atoms with E-state index in [1.54, 1.807) is 6.92 Å². The van der Waals surface area contributed by atoms with Gasteiger partial charge in [-0.3, -0.25) is 0 Å². The van der Waals surface area contributed by atoms with E-state index in [1.165, 1.54) is 0 Å². The predicted octanol–water partition coefficient (Wildman–Crippen LogP) is 2.91. The molecule has 3 aromatic rings. The number of carbonyl (C=O) groups is 2. The highest BCUT2D eigenvalue weighted by Crippen LogP contribution is 2.44. The molecule has 4 rings (SSSR count). The van der Waals surface area contributed by atoms with Crippen molar-refractivity contribution < 1.29 is 24.1 Å². The monoisotopic (exact) mass is 393 g/mol. The van der Waals surface area contributed by atoms with E-state index >= 15 is 0 Å². The van der Waals surface area contributed by atoms with Gasteiger partial charge in [-0.25, -0.2) is 14.2 Å². The molecule has 0 fully saturated rings. The third kappa shape index (κ3) is 3.69. The number of aliphatic carboxylic acids is 1. The van der Waals surface area contributed by atoms with Gasteiger partial charge in [0, 0.05) is 12.3 Å². The van der Waals surface area contributed by atoms with Gasteiger partial charge >= 0.3 is 12.1 Å². The molecule has 0 saturated carbocycles. The molecule has 1 amide bonds. The average Bonchev–Trinajstić information content (AvgIpc) is 3.27. The molecule has 1 aromatic heterocycles. The summed E-state index contributed by atoms with van der Waals surface area (Å²) in [6, 6.07) is 14.8. The maximum atomic E-state index is 12.3. The highest BCUT2D eigenvalue weighted by atomic mass is 16.6. The summed E-state index contributed by atoms with van der Waals surface area (Å²) in [5.41, 5.74) is 5.26. The van der Waals surface area contributed by atoms with E-state index in [0.29, 0.717) is 11.4 Å². The lowest BCUT2D eigenvalue weighted by atomic mass is 9.98. The third-order valence-corrected chi connectivity index (χ3v) is 5.08. The second kappa shape index (κ2) is 7.75. The van der Waals surface area contributed by atoms with Crippen LogP contribution in [0.3, 0.4) is 0 Å². The molecule has 0 aliphatic heterocycles. The number of hydrogen-bond donors (Lipinski definition) is 2. The maximum absolute atomic E-state index is 12.3. The van der Waals surface area contributed by atoms with Crippen molar-refractivity contribution in [3.05, 3.63) is 71.0 Å². The number of amides is 1. The fraction of sp³-hybridized carbons (Fsp3) is 0.238. The van der Waals surface area contributed by atoms with Crippen molar-refractivity contribution in [3.63, 3.8) is 0 Å². The Kier molecular flexibility index (Phi) is 4.99. The first-order valence-electron chi connectivity index (χ1n) is 9.17. The Balaban J connectivity index is 1.44. The van der Waals surface area contributed by atoms with E-state index in [2.05, 4.69) is 20.3 Å². The zero-order valence-corrected chi connectivity index (χ0v) is 15.7. The molecule has 29 heavy (non-hydrogen) atoms. The molecule has 8 heteroatoms. The van der Waals surface area contributed by atoms with E-state index < -0.39 is 18.1 Å². The Bertz CT molecular complexity index is 1020. The minimum Gasteiger partial charge on any atom is -0.480 e. The van der Waals surface area contributed by atoms with Crippen molar-refractivity contribution in [2.45, 2.75) is 25.3 Å². The lowest BCUT2D eigenvalue weighted by Crippen LogP contribution is -2.43. The van der Waals surface area contributed by atoms with Gasteiger partial charge in [0.1, 0.15) is 24.0 Å². The van der Waals surface area contributed by atoms with Crippen molar-refractivity contribution in [1.29, 1.82) is 0 Å². The second-order valence-corrected chi connectivity index (χ2v) is 6.86. The summed E-state index contributed by atoms with van der Waals surface area (Å²) < 4.78 is 9.97. The van der Waals surface area contributed by atoms with Gasteiger partial charge in [-0.15, -0.1) is 0 Å². The van der Waals surface area contributed by atoms with Crippen molar-refractivity contribution >= 4 is 12.1 Å². The molecule has 1 heterocycles. The number of hydrogen-bond acceptors (Lipinski definition) is 6. The predicted molar refractivity (Wildman–Crippen MR) is 102 cm³/mol. The van der Waals surface area contributed by atoms with Crippen LogP contribution in [-0.2, 0) is 16.0 Å². The topological polar surface area (TPSA) is 115 Å². The van der Waals surface area contributed by atoms with E-state index in [1.807, 2.05) is 48.5 Å². The zero-order chi connectivity index (χ0) is 20.4. The molecule has 2 N–H and O–H groups in total. The van der Waals surface area contributed by atoms with E-state index in [0.717, 1.165) is 22.3 Å². The normalized spacial score (nSPS) is 13.4. The molecule has 2 aromatic carbocycles. The van der Waals surface area contributed by atoms with Gasteiger partial charge in [-0.05, 0) is 29.2 Å². The van der Waals surface area contributed by atoms with Crippen LogP contribution in [0.5, 0.6) is 0 Å². The highest BCUT2D eigenvalue weighted by molar-refractivity contribution is 5.81. The third-order valence-electron chi connectivity index (χ3n) is 5.08. The SMILES string of the molecule is Cc1nonc1CC(NC(=O)OCC1c2ccccc2-c2ccccc21)C(=O)O. The molecule has 0 bridgehead atoms. The van der Waals surface area contributed by atoms with Crippen LogP contribution in [0.25, 0.3) is 11.1 Å². The molecular weight excluding hydrogens is 374 g/mol.